The van der Waals surface area contributed by atoms with Crippen LogP contribution in [0.1, 0.15) is 30.8 Å². The highest BCUT2D eigenvalue weighted by Crippen LogP contribution is 2.20. The van der Waals surface area contributed by atoms with E-state index in [1.54, 1.807) is 13.3 Å². The molecule has 1 unspecified atom stereocenters. The second-order valence-corrected chi connectivity index (χ2v) is 5.60. The summed E-state index contributed by atoms with van der Waals surface area (Å²) in [6, 6.07) is 5.96. The maximum Gasteiger partial charge on any atom is 0.260 e. The highest BCUT2D eigenvalue weighted by atomic mass is 16.5. The molecule has 0 fully saturated rings. The van der Waals surface area contributed by atoms with Gasteiger partial charge >= 0.3 is 0 Å². The molecule has 1 aromatic carbocycles. The number of rotatable bonds is 7. The Morgan fingerprint density at radius 1 is 1.39 bits per heavy atom. The van der Waals surface area contributed by atoms with E-state index in [4.69, 9.17) is 4.74 Å². The summed E-state index contributed by atoms with van der Waals surface area (Å²) >= 11 is 0. The Kier molecular flexibility index (Phi) is 5.73. The minimum Gasteiger partial charge on any atom is -0.481 e. The van der Waals surface area contributed by atoms with Crippen molar-refractivity contribution >= 4 is 5.91 Å². The van der Waals surface area contributed by atoms with Crippen molar-refractivity contribution in [3.63, 3.8) is 0 Å². The van der Waals surface area contributed by atoms with Crippen LogP contribution in [0.5, 0.6) is 5.75 Å². The van der Waals surface area contributed by atoms with E-state index in [0.717, 1.165) is 29.2 Å². The van der Waals surface area contributed by atoms with Crippen LogP contribution in [-0.4, -0.2) is 33.3 Å². The van der Waals surface area contributed by atoms with Crippen LogP contribution in [0.3, 0.4) is 0 Å². The summed E-state index contributed by atoms with van der Waals surface area (Å²) in [6.07, 6.45) is 1.80. The van der Waals surface area contributed by atoms with Gasteiger partial charge in [0.25, 0.3) is 5.91 Å². The molecule has 0 saturated carbocycles. The second-order valence-electron chi connectivity index (χ2n) is 5.60. The van der Waals surface area contributed by atoms with Gasteiger partial charge in [-0.3, -0.25) is 4.79 Å². The van der Waals surface area contributed by atoms with Crippen LogP contribution in [0.2, 0.25) is 0 Å². The van der Waals surface area contributed by atoms with Crippen molar-refractivity contribution in [3.8, 4) is 5.75 Å². The Balaban J connectivity index is 1.84. The van der Waals surface area contributed by atoms with Crippen LogP contribution in [-0.2, 0) is 17.8 Å². The molecule has 0 aliphatic rings. The van der Waals surface area contributed by atoms with Crippen molar-refractivity contribution in [1.29, 1.82) is 0 Å². The first-order valence-corrected chi connectivity index (χ1v) is 7.89. The Morgan fingerprint density at radius 2 is 2.17 bits per heavy atom. The number of aromatic nitrogens is 3. The average Bonchev–Trinajstić information content (AvgIpc) is 2.98. The van der Waals surface area contributed by atoms with Crippen LogP contribution in [0.25, 0.3) is 0 Å². The van der Waals surface area contributed by atoms with E-state index < -0.39 is 6.10 Å². The standard InChI is InChI=1S/C17H24N4O2/c1-5-21-11-19-20-16(21)8-9-18-17(22)14(4)23-15-10-12(2)6-7-13(15)3/h6-7,10-11,14H,5,8-9H2,1-4H3,(H,18,22). The fourth-order valence-electron chi connectivity index (χ4n) is 2.26. The third-order valence-electron chi connectivity index (χ3n) is 3.70. The highest BCUT2D eigenvalue weighted by Gasteiger charge is 2.15. The van der Waals surface area contributed by atoms with E-state index in [1.807, 2.05) is 43.5 Å². The number of hydrogen-bond acceptors (Lipinski definition) is 4. The zero-order chi connectivity index (χ0) is 16.8. The lowest BCUT2D eigenvalue weighted by atomic mass is 10.1. The molecule has 6 nitrogen and oxygen atoms in total. The molecule has 124 valence electrons. The maximum atomic E-state index is 12.1. The zero-order valence-corrected chi connectivity index (χ0v) is 14.2. The molecular formula is C17H24N4O2. The summed E-state index contributed by atoms with van der Waals surface area (Å²) in [5.41, 5.74) is 2.13. The molecule has 0 aliphatic heterocycles. The molecule has 1 amide bonds. The Bertz CT molecular complexity index is 666. The van der Waals surface area contributed by atoms with Gasteiger partial charge in [-0.1, -0.05) is 12.1 Å². The lowest BCUT2D eigenvalue weighted by Crippen LogP contribution is -2.37. The van der Waals surface area contributed by atoms with Crippen LogP contribution >= 0.6 is 0 Å². The van der Waals surface area contributed by atoms with Gasteiger partial charge in [0.2, 0.25) is 0 Å². The summed E-state index contributed by atoms with van der Waals surface area (Å²) < 4.78 is 7.74. The summed E-state index contributed by atoms with van der Waals surface area (Å²) in [4.78, 5) is 12.1. The van der Waals surface area contributed by atoms with Crippen molar-refractivity contribution < 1.29 is 9.53 Å². The van der Waals surface area contributed by atoms with Crippen LogP contribution in [0.15, 0.2) is 24.5 Å². The number of carbonyl (C=O) groups excluding carboxylic acids is 1. The summed E-state index contributed by atoms with van der Waals surface area (Å²) in [7, 11) is 0. The van der Waals surface area contributed by atoms with E-state index >= 15 is 0 Å². The first-order valence-electron chi connectivity index (χ1n) is 7.89. The molecule has 6 heteroatoms. The van der Waals surface area contributed by atoms with Gasteiger partial charge in [0.05, 0.1) is 0 Å². The van der Waals surface area contributed by atoms with Gasteiger partial charge < -0.3 is 14.6 Å². The van der Waals surface area contributed by atoms with E-state index in [9.17, 15) is 4.79 Å². The molecule has 23 heavy (non-hydrogen) atoms. The average molecular weight is 316 g/mol. The molecule has 0 aliphatic carbocycles. The zero-order valence-electron chi connectivity index (χ0n) is 14.2. The summed E-state index contributed by atoms with van der Waals surface area (Å²) in [5.74, 6) is 1.49. The molecule has 2 aromatic rings. The number of nitrogens with one attached hydrogen (secondary N) is 1. The highest BCUT2D eigenvalue weighted by molar-refractivity contribution is 5.80. The van der Waals surface area contributed by atoms with Gasteiger partial charge in [-0.2, -0.15) is 0 Å². The van der Waals surface area contributed by atoms with Crippen molar-refractivity contribution in [1.82, 2.24) is 20.1 Å². The predicted molar refractivity (Wildman–Crippen MR) is 88.4 cm³/mol. The largest absolute Gasteiger partial charge is 0.481 e. The number of aryl methyl sites for hydroxylation is 3. The predicted octanol–water partition coefficient (Wildman–Crippen LogP) is 2.04. The van der Waals surface area contributed by atoms with Gasteiger partial charge in [0, 0.05) is 19.5 Å². The Labute approximate surface area is 136 Å². The molecule has 1 aromatic heterocycles. The van der Waals surface area contributed by atoms with Gasteiger partial charge in [0.15, 0.2) is 6.10 Å². The van der Waals surface area contributed by atoms with E-state index in [1.165, 1.54) is 0 Å². The molecule has 1 N–H and O–H groups in total. The van der Waals surface area contributed by atoms with Gasteiger partial charge in [0.1, 0.15) is 17.9 Å². The third-order valence-corrected chi connectivity index (χ3v) is 3.70. The number of carbonyl (C=O) groups is 1. The molecule has 1 heterocycles. The Hall–Kier alpha value is -2.37. The van der Waals surface area contributed by atoms with Crippen molar-refractivity contribution in [2.45, 2.75) is 46.8 Å². The number of nitrogens with zero attached hydrogens (tertiary/aromatic N) is 3. The van der Waals surface area contributed by atoms with Gasteiger partial charge in [-0.15, -0.1) is 10.2 Å². The van der Waals surface area contributed by atoms with Crippen molar-refractivity contribution in [2.24, 2.45) is 0 Å². The summed E-state index contributed by atoms with van der Waals surface area (Å²) in [5, 5.41) is 10.8. The molecule has 1 atom stereocenters. The van der Waals surface area contributed by atoms with Gasteiger partial charge in [-0.25, -0.2) is 0 Å². The van der Waals surface area contributed by atoms with E-state index in [-0.39, 0.29) is 5.91 Å². The normalized spacial score (nSPS) is 12.0. The number of benzene rings is 1. The topological polar surface area (TPSA) is 69.0 Å². The van der Waals surface area contributed by atoms with Crippen LogP contribution in [0, 0.1) is 13.8 Å². The molecule has 2 rings (SSSR count). The number of ether oxygens (including phenoxy) is 1. The number of amides is 1. The number of hydrogen-bond donors (Lipinski definition) is 1. The first kappa shape index (κ1) is 17.0. The van der Waals surface area contributed by atoms with Gasteiger partial charge in [-0.05, 0) is 44.9 Å². The molecular weight excluding hydrogens is 292 g/mol. The smallest absolute Gasteiger partial charge is 0.260 e. The quantitative estimate of drug-likeness (QED) is 0.849. The van der Waals surface area contributed by atoms with Crippen LogP contribution < -0.4 is 10.1 Å². The van der Waals surface area contributed by atoms with Crippen molar-refractivity contribution in [2.75, 3.05) is 6.54 Å². The second kappa shape index (κ2) is 7.76. The first-order chi connectivity index (χ1) is 11.0. The fourth-order valence-corrected chi connectivity index (χ4v) is 2.26. The van der Waals surface area contributed by atoms with E-state index in [2.05, 4.69) is 15.5 Å². The van der Waals surface area contributed by atoms with Crippen molar-refractivity contribution in [3.05, 3.63) is 41.5 Å². The minimum atomic E-state index is -0.542. The monoisotopic (exact) mass is 316 g/mol. The SMILES string of the molecule is CCn1cnnc1CCNC(=O)C(C)Oc1cc(C)ccc1C. The third kappa shape index (κ3) is 4.55. The minimum absolute atomic E-state index is 0.131. The lowest BCUT2D eigenvalue weighted by molar-refractivity contribution is -0.127. The van der Waals surface area contributed by atoms with Crippen LogP contribution in [0.4, 0.5) is 0 Å². The molecule has 0 radical (unpaired) electrons. The van der Waals surface area contributed by atoms with E-state index in [0.29, 0.717) is 13.0 Å². The maximum absolute atomic E-state index is 12.1. The lowest BCUT2D eigenvalue weighted by Gasteiger charge is -2.16. The molecule has 0 saturated heterocycles. The fraction of sp³-hybridized carbons (Fsp3) is 0.471. The summed E-state index contributed by atoms with van der Waals surface area (Å²) in [6.45, 7) is 9.09. The molecule has 0 spiro atoms. The molecule has 0 bridgehead atoms. The Morgan fingerprint density at radius 3 is 2.91 bits per heavy atom.